The van der Waals surface area contributed by atoms with Crippen LogP contribution in [0.4, 0.5) is 22.0 Å². The van der Waals surface area contributed by atoms with Gasteiger partial charge in [0.2, 0.25) is 18.3 Å². The molecule has 0 unspecified atom stereocenters. The third kappa shape index (κ3) is 5.60. The fraction of sp³-hybridized carbons (Fsp3) is 0.167. The van der Waals surface area contributed by atoms with Crippen LogP contribution in [-0.2, 0) is 12.8 Å². The van der Waals surface area contributed by atoms with E-state index in [0.29, 0.717) is 22.8 Å². The van der Waals surface area contributed by atoms with E-state index in [4.69, 9.17) is 14.3 Å². The van der Waals surface area contributed by atoms with Gasteiger partial charge in [-0.05, 0) is 37.1 Å². The molecule has 0 atom stereocenters. The van der Waals surface area contributed by atoms with Crippen LogP contribution in [-0.4, -0.2) is 17.1 Å². The highest BCUT2D eigenvalue weighted by molar-refractivity contribution is 5.87. The highest BCUT2D eigenvalue weighted by atomic mass is 19.4. The molecule has 0 aliphatic heterocycles. The Hall–Kier alpha value is -4.80. The maximum Gasteiger partial charge on any atom is 0.418 e. The van der Waals surface area contributed by atoms with Gasteiger partial charge in [0.15, 0.2) is 11.6 Å². The van der Waals surface area contributed by atoms with Gasteiger partial charge in [0.1, 0.15) is 30.6 Å². The van der Waals surface area contributed by atoms with Crippen molar-refractivity contribution in [2.75, 3.05) is 7.11 Å². The number of benzene rings is 2. The Bertz CT molecular complexity index is 1740. The molecule has 3 aromatic heterocycles. The molecule has 2 aromatic carbocycles. The van der Waals surface area contributed by atoms with Crippen molar-refractivity contribution in [2.45, 2.75) is 26.6 Å². The highest BCUT2D eigenvalue weighted by Crippen LogP contribution is 2.42. The first-order valence-corrected chi connectivity index (χ1v) is 12.3. The first-order chi connectivity index (χ1) is 19.6. The molecule has 5 aromatic rings. The Kier molecular flexibility index (Phi) is 7.44. The number of rotatable bonds is 7. The quantitative estimate of drug-likeness (QED) is 0.158. The van der Waals surface area contributed by atoms with Crippen LogP contribution in [0.25, 0.3) is 22.2 Å². The van der Waals surface area contributed by atoms with E-state index in [1.807, 2.05) is 30.3 Å². The number of hydrogen-bond donors (Lipinski definition) is 0. The maximum absolute atomic E-state index is 14.3. The van der Waals surface area contributed by atoms with E-state index in [1.165, 1.54) is 37.8 Å². The molecular weight excluding hydrogens is 545 g/mol. The minimum absolute atomic E-state index is 0.0714. The van der Waals surface area contributed by atoms with Crippen LogP contribution in [0.2, 0.25) is 0 Å². The molecule has 0 saturated carbocycles. The van der Waals surface area contributed by atoms with Crippen LogP contribution in [0.3, 0.4) is 0 Å². The van der Waals surface area contributed by atoms with Crippen molar-refractivity contribution in [2.24, 2.45) is 0 Å². The Balaban J connectivity index is 1.71. The fourth-order valence-electron chi connectivity index (χ4n) is 4.31. The molecule has 5 rings (SSSR count). The molecule has 210 valence electrons. The largest absolute Gasteiger partial charge is 0.488 e. The van der Waals surface area contributed by atoms with Crippen molar-refractivity contribution >= 4 is 10.9 Å². The lowest BCUT2D eigenvalue weighted by molar-refractivity contribution is -0.884. The molecule has 0 saturated heterocycles. The number of pyridine rings is 3. The lowest BCUT2D eigenvalue weighted by Gasteiger charge is -2.19. The second kappa shape index (κ2) is 11.0. The number of nitrogens with zero attached hydrogens (tertiary/aromatic N) is 3. The summed E-state index contributed by atoms with van der Waals surface area (Å²) in [4.78, 5) is 13.8. The zero-order valence-electron chi connectivity index (χ0n) is 22.1. The predicted octanol–water partition coefficient (Wildman–Crippen LogP) is 6.93. The molecule has 0 spiro atoms. The molecule has 3 heterocycles. The topological polar surface area (TPSA) is 57.4 Å². The van der Waals surface area contributed by atoms with Crippen molar-refractivity contribution in [1.82, 2.24) is 9.97 Å². The summed E-state index contributed by atoms with van der Waals surface area (Å²) in [6.07, 6.45) is -0.875. The van der Waals surface area contributed by atoms with Gasteiger partial charge in [0, 0.05) is 28.6 Å². The minimum atomic E-state index is -4.73. The zero-order valence-corrected chi connectivity index (χ0v) is 22.1. The second-order valence-corrected chi connectivity index (χ2v) is 9.13. The lowest BCUT2D eigenvalue weighted by Crippen LogP contribution is -2.39. The Morgan fingerprint density at radius 3 is 2.39 bits per heavy atom. The van der Waals surface area contributed by atoms with Crippen molar-refractivity contribution < 1.29 is 41.0 Å². The Morgan fingerprint density at radius 1 is 0.927 bits per heavy atom. The molecule has 6 nitrogen and oxygen atoms in total. The average Bonchev–Trinajstić information content (AvgIpc) is 2.95. The zero-order chi connectivity index (χ0) is 29.3. The van der Waals surface area contributed by atoms with Gasteiger partial charge in [-0.3, -0.25) is 4.84 Å². The van der Waals surface area contributed by atoms with E-state index < -0.39 is 23.4 Å². The summed E-state index contributed by atoms with van der Waals surface area (Å²) in [7, 11) is 1.47. The third-order valence-corrected chi connectivity index (χ3v) is 6.50. The SMILES string of the molecule is CO[n+]1ccc2nc(-c3c(Oc4ccc(F)c(F)c4C)ncc(C(F)(F)F)c3C)cc(OCc3ccccc3)c2c1. The van der Waals surface area contributed by atoms with E-state index in [-0.39, 0.29) is 40.6 Å². The number of fused-ring (bicyclic) bond motifs is 1. The van der Waals surface area contributed by atoms with E-state index >= 15 is 0 Å². The summed E-state index contributed by atoms with van der Waals surface area (Å²) in [6, 6.07) is 14.5. The number of hydrogen-bond acceptors (Lipinski definition) is 5. The van der Waals surface area contributed by atoms with Crippen LogP contribution >= 0.6 is 0 Å². The molecule has 0 radical (unpaired) electrons. The molecule has 0 bridgehead atoms. The Labute approximate surface area is 231 Å². The van der Waals surface area contributed by atoms with Crippen LogP contribution in [0.1, 0.15) is 22.3 Å². The molecule has 0 N–H and O–H groups in total. The van der Waals surface area contributed by atoms with E-state index in [1.54, 1.807) is 18.5 Å². The first kappa shape index (κ1) is 27.8. The van der Waals surface area contributed by atoms with Gasteiger partial charge in [-0.25, -0.2) is 18.7 Å². The summed E-state index contributed by atoms with van der Waals surface area (Å²) >= 11 is 0. The smallest absolute Gasteiger partial charge is 0.418 e. The first-order valence-electron chi connectivity index (χ1n) is 12.3. The highest BCUT2D eigenvalue weighted by Gasteiger charge is 2.35. The van der Waals surface area contributed by atoms with Gasteiger partial charge in [-0.15, -0.1) is 0 Å². The van der Waals surface area contributed by atoms with E-state index in [2.05, 4.69) is 9.97 Å². The average molecular weight is 569 g/mol. The van der Waals surface area contributed by atoms with Crippen molar-refractivity contribution in [1.29, 1.82) is 0 Å². The molecule has 11 heteroatoms. The van der Waals surface area contributed by atoms with Gasteiger partial charge in [0.05, 0.1) is 22.3 Å². The van der Waals surface area contributed by atoms with Gasteiger partial charge in [0.25, 0.3) is 0 Å². The lowest BCUT2D eigenvalue weighted by atomic mass is 10.0. The molecular formula is C30H23F5N3O3+. The minimum Gasteiger partial charge on any atom is -0.488 e. The summed E-state index contributed by atoms with van der Waals surface area (Å²) in [6.45, 7) is 2.72. The molecule has 0 aliphatic rings. The van der Waals surface area contributed by atoms with Crippen LogP contribution in [0.15, 0.2) is 73.2 Å². The van der Waals surface area contributed by atoms with Gasteiger partial charge in [-0.2, -0.15) is 13.2 Å². The normalized spacial score (nSPS) is 11.5. The van der Waals surface area contributed by atoms with Crippen LogP contribution in [0.5, 0.6) is 17.4 Å². The second-order valence-electron chi connectivity index (χ2n) is 9.13. The monoisotopic (exact) mass is 568 g/mol. The van der Waals surface area contributed by atoms with Crippen LogP contribution in [0, 0.1) is 25.5 Å². The summed E-state index contributed by atoms with van der Waals surface area (Å²) in [5, 5.41) is 0.533. The number of alkyl halides is 3. The third-order valence-electron chi connectivity index (χ3n) is 6.50. The van der Waals surface area contributed by atoms with E-state index in [0.717, 1.165) is 11.6 Å². The fourth-order valence-corrected chi connectivity index (χ4v) is 4.31. The predicted molar refractivity (Wildman–Crippen MR) is 139 cm³/mol. The van der Waals surface area contributed by atoms with Crippen molar-refractivity contribution in [3.8, 4) is 28.6 Å². The van der Waals surface area contributed by atoms with Crippen molar-refractivity contribution in [3.63, 3.8) is 0 Å². The van der Waals surface area contributed by atoms with Gasteiger partial charge >= 0.3 is 6.18 Å². The van der Waals surface area contributed by atoms with Gasteiger partial charge < -0.3 is 9.47 Å². The number of aromatic nitrogens is 3. The molecule has 0 fully saturated rings. The van der Waals surface area contributed by atoms with Gasteiger partial charge in [-0.1, -0.05) is 30.3 Å². The summed E-state index contributed by atoms with van der Waals surface area (Å²) < 4.78 is 83.2. The van der Waals surface area contributed by atoms with E-state index in [9.17, 15) is 22.0 Å². The standard InChI is InChI=1S/C30H23F5N3O3/c1-17-21(30(33,34)35)14-36-29(41-25-10-9-22(31)28(32)18(25)2)27(17)24-13-26(40-16-19-7-5-4-6-8-19)20-15-38(39-3)12-11-23(20)37-24/h4-15H,16H2,1-3H3/q+1. The number of ether oxygens (including phenoxy) is 2. The molecule has 41 heavy (non-hydrogen) atoms. The number of halogens is 5. The van der Waals surface area contributed by atoms with Crippen molar-refractivity contribution in [3.05, 3.63) is 107 Å². The summed E-state index contributed by atoms with van der Waals surface area (Å²) in [5.74, 6) is -2.30. The summed E-state index contributed by atoms with van der Waals surface area (Å²) in [5.41, 5.74) is -0.138. The molecule has 0 aliphatic carbocycles. The Morgan fingerprint density at radius 2 is 1.68 bits per heavy atom. The molecule has 0 amide bonds. The maximum atomic E-state index is 14.3. The van der Waals surface area contributed by atoms with Crippen LogP contribution < -0.4 is 19.0 Å².